The third-order valence-electron chi connectivity index (χ3n) is 3.50. The maximum atomic E-state index is 12.4. The third kappa shape index (κ3) is 3.60. The fourth-order valence-corrected chi connectivity index (χ4v) is 2.82. The molecule has 0 unspecified atom stereocenters. The van der Waals surface area contributed by atoms with Crippen LogP contribution in [0.1, 0.15) is 24.0 Å². The SMILES string of the molecule is CCn1cc(Br)c(CN(C)C(=O)Cn2nc(C)c(Br)c2C)n1. The maximum absolute atomic E-state index is 12.4. The lowest BCUT2D eigenvalue weighted by Crippen LogP contribution is -2.30. The fourth-order valence-electron chi connectivity index (χ4n) is 2.10. The third-order valence-corrected chi connectivity index (χ3v) is 5.31. The smallest absolute Gasteiger partial charge is 0.244 e. The van der Waals surface area contributed by atoms with Gasteiger partial charge in [-0.05, 0) is 52.6 Å². The van der Waals surface area contributed by atoms with E-state index in [1.165, 1.54) is 0 Å². The number of hydrogen-bond acceptors (Lipinski definition) is 3. The summed E-state index contributed by atoms with van der Waals surface area (Å²) in [4.78, 5) is 14.0. The number of aromatic nitrogens is 4. The molecule has 2 aromatic rings. The Morgan fingerprint density at radius 2 is 2.00 bits per heavy atom. The number of amides is 1. The van der Waals surface area contributed by atoms with Crippen LogP contribution >= 0.6 is 31.9 Å². The molecule has 0 spiro atoms. The molecule has 22 heavy (non-hydrogen) atoms. The van der Waals surface area contributed by atoms with Crippen molar-refractivity contribution in [3.8, 4) is 0 Å². The predicted molar refractivity (Wildman–Crippen MR) is 91.5 cm³/mol. The molecule has 0 fully saturated rings. The van der Waals surface area contributed by atoms with Crippen molar-refractivity contribution < 1.29 is 4.79 Å². The Hall–Kier alpha value is -1.15. The van der Waals surface area contributed by atoms with Crippen molar-refractivity contribution in [3.05, 3.63) is 32.2 Å². The molecule has 120 valence electrons. The maximum Gasteiger partial charge on any atom is 0.244 e. The highest BCUT2D eigenvalue weighted by atomic mass is 79.9. The van der Waals surface area contributed by atoms with E-state index in [9.17, 15) is 4.79 Å². The number of nitrogens with zero attached hydrogens (tertiary/aromatic N) is 5. The molecular weight excluding hydrogens is 414 g/mol. The zero-order valence-electron chi connectivity index (χ0n) is 13.1. The first-order valence-corrected chi connectivity index (χ1v) is 8.57. The van der Waals surface area contributed by atoms with Crippen molar-refractivity contribution >= 4 is 37.8 Å². The summed E-state index contributed by atoms with van der Waals surface area (Å²) in [6, 6.07) is 0. The van der Waals surface area contributed by atoms with Gasteiger partial charge in [0.15, 0.2) is 0 Å². The van der Waals surface area contributed by atoms with Crippen LogP contribution in [0.4, 0.5) is 0 Å². The molecule has 0 aromatic carbocycles. The summed E-state index contributed by atoms with van der Waals surface area (Å²) in [5.74, 6) is -0.00366. The van der Waals surface area contributed by atoms with Crippen molar-refractivity contribution in [2.45, 2.75) is 40.4 Å². The standard InChI is InChI=1S/C14H19Br2N5O/c1-5-20-6-11(15)12(18-20)7-19(4)13(22)8-21-10(3)14(16)9(2)17-21/h6H,5,7-8H2,1-4H3. The van der Waals surface area contributed by atoms with Gasteiger partial charge in [-0.2, -0.15) is 10.2 Å². The predicted octanol–water partition coefficient (Wildman–Crippen LogP) is 2.90. The average molecular weight is 433 g/mol. The van der Waals surface area contributed by atoms with Crippen LogP contribution < -0.4 is 0 Å². The van der Waals surface area contributed by atoms with Gasteiger partial charge < -0.3 is 4.90 Å². The van der Waals surface area contributed by atoms with E-state index < -0.39 is 0 Å². The zero-order chi connectivity index (χ0) is 16.4. The van der Waals surface area contributed by atoms with Gasteiger partial charge in [0.05, 0.1) is 32.6 Å². The Morgan fingerprint density at radius 3 is 2.50 bits per heavy atom. The molecular formula is C14H19Br2N5O. The van der Waals surface area contributed by atoms with E-state index in [2.05, 4.69) is 42.1 Å². The molecule has 0 atom stereocenters. The normalized spacial score (nSPS) is 11.0. The van der Waals surface area contributed by atoms with Gasteiger partial charge >= 0.3 is 0 Å². The summed E-state index contributed by atoms with van der Waals surface area (Å²) >= 11 is 6.96. The quantitative estimate of drug-likeness (QED) is 0.729. The van der Waals surface area contributed by atoms with Crippen molar-refractivity contribution in [2.75, 3.05) is 7.05 Å². The molecule has 1 amide bonds. The number of aryl methyl sites for hydroxylation is 2. The van der Waals surface area contributed by atoms with Crippen LogP contribution in [0.15, 0.2) is 15.1 Å². The van der Waals surface area contributed by atoms with Gasteiger partial charge in [0.1, 0.15) is 6.54 Å². The second-order valence-electron chi connectivity index (χ2n) is 5.17. The highest BCUT2D eigenvalue weighted by Gasteiger charge is 2.17. The van der Waals surface area contributed by atoms with E-state index in [0.29, 0.717) is 6.54 Å². The van der Waals surface area contributed by atoms with Gasteiger partial charge in [-0.25, -0.2) is 0 Å². The van der Waals surface area contributed by atoms with Crippen molar-refractivity contribution in [1.29, 1.82) is 0 Å². The molecule has 2 aromatic heterocycles. The second-order valence-corrected chi connectivity index (χ2v) is 6.82. The van der Waals surface area contributed by atoms with Crippen molar-refractivity contribution in [1.82, 2.24) is 24.5 Å². The van der Waals surface area contributed by atoms with E-state index in [4.69, 9.17) is 0 Å². The molecule has 0 saturated carbocycles. The van der Waals surface area contributed by atoms with Gasteiger partial charge in [-0.1, -0.05) is 0 Å². The minimum Gasteiger partial charge on any atom is -0.338 e. The van der Waals surface area contributed by atoms with Crippen LogP contribution in [-0.4, -0.2) is 37.4 Å². The van der Waals surface area contributed by atoms with Crippen LogP contribution in [0.3, 0.4) is 0 Å². The van der Waals surface area contributed by atoms with Gasteiger partial charge in [-0.3, -0.25) is 14.2 Å². The number of carbonyl (C=O) groups is 1. The number of halogens is 2. The summed E-state index contributed by atoms with van der Waals surface area (Å²) in [6.07, 6.45) is 1.92. The minimum atomic E-state index is -0.00366. The Labute approximate surface area is 146 Å². The second kappa shape index (κ2) is 6.95. The number of rotatable bonds is 5. The number of hydrogen-bond donors (Lipinski definition) is 0. The Kier molecular flexibility index (Phi) is 5.44. The molecule has 0 N–H and O–H groups in total. The van der Waals surface area contributed by atoms with Crippen LogP contribution in [0.25, 0.3) is 0 Å². The first-order valence-electron chi connectivity index (χ1n) is 6.98. The van der Waals surface area contributed by atoms with Crippen LogP contribution in [0.5, 0.6) is 0 Å². The van der Waals surface area contributed by atoms with E-state index in [0.717, 1.165) is 32.6 Å². The van der Waals surface area contributed by atoms with Crippen LogP contribution in [0.2, 0.25) is 0 Å². The molecule has 0 bridgehead atoms. The minimum absolute atomic E-state index is 0.00366. The molecule has 8 heteroatoms. The van der Waals surface area contributed by atoms with Crippen LogP contribution in [0, 0.1) is 13.8 Å². The molecule has 2 heterocycles. The number of carbonyl (C=O) groups excluding carboxylic acids is 1. The van der Waals surface area contributed by atoms with E-state index in [-0.39, 0.29) is 12.5 Å². The molecule has 2 rings (SSSR count). The lowest BCUT2D eigenvalue weighted by atomic mass is 10.3. The summed E-state index contributed by atoms with van der Waals surface area (Å²) in [5, 5.41) is 8.81. The molecule has 0 aliphatic heterocycles. The molecule has 0 saturated heterocycles. The van der Waals surface area contributed by atoms with E-state index in [1.807, 2.05) is 31.6 Å². The van der Waals surface area contributed by atoms with Gasteiger partial charge in [0.25, 0.3) is 0 Å². The van der Waals surface area contributed by atoms with Crippen molar-refractivity contribution in [3.63, 3.8) is 0 Å². The number of likely N-dealkylation sites (N-methyl/N-ethyl adjacent to an activating group) is 1. The van der Waals surface area contributed by atoms with Gasteiger partial charge in [0, 0.05) is 19.8 Å². The van der Waals surface area contributed by atoms with Crippen molar-refractivity contribution in [2.24, 2.45) is 0 Å². The molecule has 0 radical (unpaired) electrons. The van der Waals surface area contributed by atoms with E-state index >= 15 is 0 Å². The highest BCUT2D eigenvalue weighted by Crippen LogP contribution is 2.20. The molecule has 6 nitrogen and oxygen atoms in total. The van der Waals surface area contributed by atoms with Gasteiger partial charge in [0.2, 0.25) is 5.91 Å². The van der Waals surface area contributed by atoms with E-state index in [1.54, 1.807) is 16.6 Å². The highest BCUT2D eigenvalue weighted by molar-refractivity contribution is 9.10. The Morgan fingerprint density at radius 1 is 1.32 bits per heavy atom. The summed E-state index contributed by atoms with van der Waals surface area (Å²) in [7, 11) is 1.78. The largest absolute Gasteiger partial charge is 0.338 e. The lowest BCUT2D eigenvalue weighted by molar-refractivity contribution is -0.131. The Balaban J connectivity index is 2.05. The summed E-state index contributed by atoms with van der Waals surface area (Å²) < 4.78 is 5.43. The molecule has 0 aliphatic rings. The fraction of sp³-hybridized carbons (Fsp3) is 0.500. The first kappa shape index (κ1) is 17.2. The monoisotopic (exact) mass is 431 g/mol. The first-order chi connectivity index (χ1) is 10.3. The topological polar surface area (TPSA) is 56.0 Å². The Bertz CT molecular complexity index is 692. The summed E-state index contributed by atoms with van der Waals surface area (Å²) in [5.41, 5.74) is 2.69. The van der Waals surface area contributed by atoms with Crippen LogP contribution in [-0.2, 0) is 24.4 Å². The molecule has 0 aliphatic carbocycles. The lowest BCUT2D eigenvalue weighted by Gasteiger charge is -2.16. The van der Waals surface area contributed by atoms with Gasteiger partial charge in [-0.15, -0.1) is 0 Å². The average Bonchev–Trinajstić information content (AvgIpc) is 2.95. The zero-order valence-corrected chi connectivity index (χ0v) is 16.3. The summed E-state index contributed by atoms with van der Waals surface area (Å²) in [6.45, 7) is 7.37.